The number of hydrogen-bond donors (Lipinski definition) is 0. The highest BCUT2D eigenvalue weighted by atomic mass is 16.5. The summed E-state index contributed by atoms with van der Waals surface area (Å²) in [6.07, 6.45) is 3.47. The Morgan fingerprint density at radius 2 is 2.20 bits per heavy atom. The van der Waals surface area contributed by atoms with Crippen molar-refractivity contribution >= 4 is 0 Å². The van der Waals surface area contributed by atoms with Crippen LogP contribution in [0.3, 0.4) is 0 Å². The molecule has 0 saturated carbocycles. The van der Waals surface area contributed by atoms with Crippen LogP contribution in [-0.2, 0) is 4.74 Å². The van der Waals surface area contributed by atoms with Crippen LogP contribution in [0.1, 0.15) is 20.8 Å². The summed E-state index contributed by atoms with van der Waals surface area (Å²) < 4.78 is 5.49. The fourth-order valence-electron chi connectivity index (χ4n) is 1.23. The molecule has 15 heavy (non-hydrogen) atoms. The Morgan fingerprint density at radius 1 is 1.53 bits per heavy atom. The zero-order valence-corrected chi connectivity index (χ0v) is 9.03. The van der Waals surface area contributed by atoms with Crippen molar-refractivity contribution in [3.8, 4) is 6.07 Å². The van der Waals surface area contributed by atoms with Crippen molar-refractivity contribution < 1.29 is 4.74 Å². The lowest BCUT2D eigenvalue weighted by Gasteiger charge is -2.18. The van der Waals surface area contributed by atoms with Crippen molar-refractivity contribution in [3.63, 3.8) is 0 Å². The second kappa shape index (κ2) is 4.48. The number of hydrogen-bond acceptors (Lipinski definition) is 2. The second-order valence-electron chi connectivity index (χ2n) is 3.59. The van der Waals surface area contributed by atoms with Crippen molar-refractivity contribution in [3.05, 3.63) is 46.4 Å². The molecule has 0 amide bonds. The quantitative estimate of drug-likeness (QED) is 0.481. The van der Waals surface area contributed by atoms with Gasteiger partial charge in [-0.15, -0.1) is 0 Å². The zero-order valence-electron chi connectivity index (χ0n) is 9.03. The molecular weight excluding hydrogens is 188 g/mol. The van der Waals surface area contributed by atoms with E-state index in [0.29, 0.717) is 11.3 Å². The Morgan fingerprint density at radius 3 is 2.67 bits per heavy atom. The molecule has 76 valence electrons. The first-order valence-electron chi connectivity index (χ1n) is 4.68. The van der Waals surface area contributed by atoms with E-state index in [4.69, 9.17) is 16.6 Å². The molecule has 0 bridgehead atoms. The minimum atomic E-state index is 0.107. The highest BCUT2D eigenvalue weighted by Crippen LogP contribution is 2.25. The summed E-state index contributed by atoms with van der Waals surface area (Å²) >= 11 is 0. The molecule has 1 heterocycles. The van der Waals surface area contributed by atoms with Gasteiger partial charge in [0.1, 0.15) is 5.76 Å². The van der Waals surface area contributed by atoms with Gasteiger partial charge in [0, 0.05) is 5.92 Å². The molecule has 1 aliphatic rings. The number of nitrogens with zero attached hydrogens (tertiary/aromatic N) is 2. The van der Waals surface area contributed by atoms with E-state index in [2.05, 4.69) is 4.85 Å². The normalized spacial score (nSPS) is 18.3. The molecule has 0 aliphatic carbocycles. The third kappa shape index (κ3) is 2.48. The molecule has 0 fully saturated rings. The lowest BCUT2D eigenvalue weighted by molar-refractivity contribution is 0.263. The van der Waals surface area contributed by atoms with Gasteiger partial charge in [-0.2, -0.15) is 0 Å². The van der Waals surface area contributed by atoms with E-state index < -0.39 is 0 Å². The molecule has 0 aromatic carbocycles. The van der Waals surface area contributed by atoms with Crippen molar-refractivity contribution in [1.82, 2.24) is 0 Å². The van der Waals surface area contributed by atoms with Crippen LogP contribution >= 0.6 is 0 Å². The van der Waals surface area contributed by atoms with Gasteiger partial charge in [-0.25, -0.2) is 10.1 Å². The van der Waals surface area contributed by atoms with Gasteiger partial charge in [-0.05, 0) is 24.6 Å². The van der Waals surface area contributed by atoms with E-state index in [0.717, 1.165) is 5.76 Å². The number of rotatable bonds is 1. The molecule has 1 rings (SSSR count). The van der Waals surface area contributed by atoms with Crippen LogP contribution in [0.15, 0.2) is 34.9 Å². The van der Waals surface area contributed by atoms with Crippen LogP contribution in [0, 0.1) is 23.8 Å². The molecule has 0 atom stereocenters. The molecule has 0 aromatic rings. The predicted molar refractivity (Wildman–Crippen MR) is 57.0 cm³/mol. The van der Waals surface area contributed by atoms with Gasteiger partial charge in [0.05, 0.1) is 18.4 Å². The van der Waals surface area contributed by atoms with Crippen LogP contribution in [0.5, 0.6) is 0 Å². The fraction of sp³-hybridized carbons (Fsp3) is 0.333. The maximum Gasteiger partial charge on any atom is 0.269 e. The standard InChI is InChI=1S/C12H12N2O/c1-8(2)12-6-10(5-9(3)15-12)11(7-13)14-4/h5-6,8H,1-3H3. The van der Waals surface area contributed by atoms with Crippen molar-refractivity contribution in [2.24, 2.45) is 5.92 Å². The van der Waals surface area contributed by atoms with Crippen LogP contribution in [0.4, 0.5) is 0 Å². The van der Waals surface area contributed by atoms with Crippen LogP contribution in [-0.4, -0.2) is 0 Å². The third-order valence-corrected chi connectivity index (χ3v) is 2.00. The summed E-state index contributed by atoms with van der Waals surface area (Å²) in [6.45, 7) is 12.7. The second-order valence-corrected chi connectivity index (χ2v) is 3.59. The third-order valence-electron chi connectivity index (χ3n) is 2.00. The van der Waals surface area contributed by atoms with Crippen molar-refractivity contribution in [1.29, 1.82) is 5.26 Å². The summed E-state index contributed by atoms with van der Waals surface area (Å²) in [6, 6.07) is 1.88. The Kier molecular flexibility index (Phi) is 3.31. The summed E-state index contributed by atoms with van der Waals surface area (Å²) in [5, 5.41) is 8.77. The predicted octanol–water partition coefficient (Wildman–Crippen LogP) is 3.16. The summed E-state index contributed by atoms with van der Waals surface area (Å²) in [4.78, 5) is 3.18. The minimum absolute atomic E-state index is 0.107. The minimum Gasteiger partial charge on any atom is -0.466 e. The fourth-order valence-corrected chi connectivity index (χ4v) is 1.23. The smallest absolute Gasteiger partial charge is 0.269 e. The van der Waals surface area contributed by atoms with Gasteiger partial charge in [-0.1, -0.05) is 13.8 Å². The van der Waals surface area contributed by atoms with E-state index in [-0.39, 0.29) is 11.6 Å². The van der Waals surface area contributed by atoms with Crippen LogP contribution < -0.4 is 0 Å². The van der Waals surface area contributed by atoms with Gasteiger partial charge in [0.2, 0.25) is 0 Å². The molecule has 3 heteroatoms. The first-order chi connectivity index (χ1) is 7.08. The SMILES string of the molecule is [C-]#[N+]C(C#N)=C1C=C(C)OC(C(C)C)=C1. The highest BCUT2D eigenvalue weighted by molar-refractivity contribution is 5.48. The lowest BCUT2D eigenvalue weighted by atomic mass is 10.0. The Bertz CT molecular complexity index is 423. The van der Waals surface area contributed by atoms with Gasteiger partial charge >= 0.3 is 0 Å². The van der Waals surface area contributed by atoms with E-state index in [1.54, 1.807) is 12.2 Å². The van der Waals surface area contributed by atoms with Gasteiger partial charge in [0.15, 0.2) is 0 Å². The number of allylic oxidation sites excluding steroid dienone is 6. The molecule has 0 saturated heterocycles. The zero-order chi connectivity index (χ0) is 11.4. The maximum absolute atomic E-state index is 8.77. The van der Waals surface area contributed by atoms with Crippen LogP contribution in [0.2, 0.25) is 0 Å². The summed E-state index contributed by atoms with van der Waals surface area (Å²) in [5.41, 5.74) is 0.746. The average molecular weight is 200 g/mol. The van der Waals surface area contributed by atoms with E-state index in [9.17, 15) is 0 Å². The van der Waals surface area contributed by atoms with Crippen LogP contribution in [0.25, 0.3) is 4.85 Å². The van der Waals surface area contributed by atoms with Gasteiger partial charge in [-0.3, -0.25) is 0 Å². The van der Waals surface area contributed by atoms with E-state index in [1.807, 2.05) is 26.8 Å². The summed E-state index contributed by atoms with van der Waals surface area (Å²) in [7, 11) is 0. The van der Waals surface area contributed by atoms with Crippen molar-refractivity contribution in [2.45, 2.75) is 20.8 Å². The van der Waals surface area contributed by atoms with Crippen molar-refractivity contribution in [2.75, 3.05) is 0 Å². The molecule has 1 aliphatic heterocycles. The van der Waals surface area contributed by atoms with Gasteiger partial charge in [0.25, 0.3) is 5.70 Å². The lowest BCUT2D eigenvalue weighted by Crippen LogP contribution is -2.04. The monoisotopic (exact) mass is 200 g/mol. The topological polar surface area (TPSA) is 37.4 Å². The molecule has 0 spiro atoms. The van der Waals surface area contributed by atoms with E-state index in [1.165, 1.54) is 0 Å². The number of nitriles is 1. The molecule has 0 radical (unpaired) electrons. The maximum atomic E-state index is 8.77. The van der Waals surface area contributed by atoms with Gasteiger partial charge < -0.3 is 4.74 Å². The summed E-state index contributed by atoms with van der Waals surface area (Å²) in [5.74, 6) is 1.75. The number of ether oxygens (including phenoxy) is 1. The molecule has 3 nitrogen and oxygen atoms in total. The Hall–Kier alpha value is -2.00. The Balaban J connectivity index is 3.22. The van der Waals surface area contributed by atoms with E-state index >= 15 is 0 Å². The molecule has 0 aromatic heterocycles. The Labute approximate surface area is 89.8 Å². The first kappa shape index (κ1) is 11.1. The molecule has 0 N–H and O–H groups in total. The average Bonchev–Trinajstić information content (AvgIpc) is 2.18. The largest absolute Gasteiger partial charge is 0.466 e. The molecule has 0 unspecified atom stereocenters. The molecular formula is C12H12N2O. The highest BCUT2D eigenvalue weighted by Gasteiger charge is 2.14. The first-order valence-corrected chi connectivity index (χ1v) is 4.68.